The number of aliphatic carboxylic acids is 1. The Morgan fingerprint density at radius 1 is 1.03 bits per heavy atom. The molecule has 0 aliphatic heterocycles. The van der Waals surface area contributed by atoms with Gasteiger partial charge < -0.3 is 20.4 Å². The predicted molar refractivity (Wildman–Crippen MR) is 110 cm³/mol. The Morgan fingerprint density at radius 3 is 2.45 bits per heavy atom. The molecule has 4 N–H and O–H groups in total. The van der Waals surface area contributed by atoms with Gasteiger partial charge in [-0.15, -0.1) is 0 Å². The second kappa shape index (κ2) is 7.49. The number of aliphatic hydroxyl groups excluding tert-OH is 3. The Bertz CT molecular complexity index is 637. The molecule has 0 bridgehead atoms. The van der Waals surface area contributed by atoms with Crippen molar-refractivity contribution in [3.8, 4) is 0 Å². The molecule has 11 atom stereocenters. The third-order valence-corrected chi connectivity index (χ3v) is 10.3. The van der Waals surface area contributed by atoms with E-state index >= 15 is 0 Å². The zero-order valence-corrected chi connectivity index (χ0v) is 18.3. The zero-order valence-electron chi connectivity index (χ0n) is 18.3. The van der Waals surface area contributed by atoms with Crippen molar-refractivity contribution in [1.82, 2.24) is 0 Å². The maximum absolute atomic E-state index is 11.5. The van der Waals surface area contributed by atoms with Gasteiger partial charge in [-0.05, 0) is 97.7 Å². The van der Waals surface area contributed by atoms with Crippen molar-refractivity contribution < 1.29 is 25.2 Å². The van der Waals surface area contributed by atoms with Crippen molar-refractivity contribution in [2.75, 3.05) is 0 Å². The van der Waals surface area contributed by atoms with E-state index in [0.29, 0.717) is 30.1 Å². The van der Waals surface area contributed by atoms with Gasteiger partial charge in [0.05, 0.1) is 18.3 Å². The first-order valence-corrected chi connectivity index (χ1v) is 11.8. The number of carboxylic acid groups (broad SMARTS) is 1. The molecule has 0 amide bonds. The molecule has 0 radical (unpaired) electrons. The Kier molecular flexibility index (Phi) is 5.57. The van der Waals surface area contributed by atoms with E-state index in [0.717, 1.165) is 44.9 Å². The number of carboxylic acids is 1. The quantitative estimate of drug-likeness (QED) is 0.571. The SMILES string of the molecule is CC(CCC(=O)O)C1CC[C@H]2C3[C@H](O)C[C@@H]4C[C@H](O)CC[C@]4(C)[C@H]3C[C@H](O)[C@]12C. The topological polar surface area (TPSA) is 98.0 Å². The fraction of sp³-hybridized carbons (Fsp3) is 0.958. The fourth-order valence-corrected chi connectivity index (χ4v) is 8.68. The highest BCUT2D eigenvalue weighted by atomic mass is 16.4. The van der Waals surface area contributed by atoms with Gasteiger partial charge in [0.15, 0.2) is 0 Å². The number of carbonyl (C=O) groups is 1. The lowest BCUT2D eigenvalue weighted by Gasteiger charge is -2.63. The zero-order chi connectivity index (χ0) is 21.1. The summed E-state index contributed by atoms with van der Waals surface area (Å²) in [5.74, 6) is 0.997. The standard InChI is InChI=1S/C24H40O5/c1-13(4-7-21(28)29)16-5-6-17-22-18(12-20(27)24(16,17)3)23(2)9-8-15(25)10-14(23)11-19(22)26/h13-20,22,25-27H,4-12H2,1-3H3,(H,28,29)/t13?,14-,15+,16?,17-,18-,19+,20-,22?,23-,24+/m0/s1. The molecule has 5 nitrogen and oxygen atoms in total. The number of fused-ring (bicyclic) bond motifs is 5. The normalized spacial score (nSPS) is 52.9. The van der Waals surface area contributed by atoms with Crippen LogP contribution in [-0.2, 0) is 4.79 Å². The van der Waals surface area contributed by atoms with E-state index in [9.17, 15) is 20.1 Å². The smallest absolute Gasteiger partial charge is 0.303 e. The van der Waals surface area contributed by atoms with Gasteiger partial charge in [0.2, 0.25) is 0 Å². The first-order chi connectivity index (χ1) is 13.6. The average molecular weight is 409 g/mol. The summed E-state index contributed by atoms with van der Waals surface area (Å²) in [6.45, 7) is 6.72. The molecule has 4 rings (SSSR count). The van der Waals surface area contributed by atoms with Crippen LogP contribution in [0.15, 0.2) is 0 Å². The summed E-state index contributed by atoms with van der Waals surface area (Å²) >= 11 is 0. The summed E-state index contributed by atoms with van der Waals surface area (Å²) in [6.07, 6.45) is 6.00. The maximum atomic E-state index is 11.5. The van der Waals surface area contributed by atoms with Gasteiger partial charge in [-0.25, -0.2) is 0 Å². The van der Waals surface area contributed by atoms with Crippen LogP contribution in [0.2, 0.25) is 0 Å². The largest absolute Gasteiger partial charge is 0.481 e. The molecule has 3 unspecified atom stereocenters. The molecular weight excluding hydrogens is 368 g/mol. The highest BCUT2D eigenvalue weighted by molar-refractivity contribution is 5.66. The summed E-state index contributed by atoms with van der Waals surface area (Å²) < 4.78 is 0. The van der Waals surface area contributed by atoms with Crippen LogP contribution in [0.4, 0.5) is 0 Å². The molecule has 0 spiro atoms. The van der Waals surface area contributed by atoms with E-state index in [1.807, 2.05) is 0 Å². The Balaban J connectivity index is 1.61. The van der Waals surface area contributed by atoms with Crippen LogP contribution in [0, 0.1) is 46.3 Å². The molecule has 166 valence electrons. The highest BCUT2D eigenvalue weighted by Gasteiger charge is 2.65. The van der Waals surface area contributed by atoms with E-state index < -0.39 is 12.1 Å². The van der Waals surface area contributed by atoms with Crippen molar-refractivity contribution in [3.05, 3.63) is 0 Å². The van der Waals surface area contributed by atoms with E-state index in [1.54, 1.807) is 0 Å². The fourth-order valence-electron chi connectivity index (χ4n) is 8.68. The Morgan fingerprint density at radius 2 is 1.76 bits per heavy atom. The minimum atomic E-state index is -0.748. The van der Waals surface area contributed by atoms with E-state index in [-0.39, 0.29) is 41.3 Å². The molecular formula is C24H40O5. The Hall–Kier alpha value is -0.650. The van der Waals surface area contributed by atoms with Gasteiger partial charge in [0.1, 0.15) is 0 Å². The van der Waals surface area contributed by atoms with Gasteiger partial charge in [-0.1, -0.05) is 20.8 Å². The lowest BCUT2D eigenvalue weighted by atomic mass is 9.43. The van der Waals surface area contributed by atoms with Crippen LogP contribution < -0.4 is 0 Å². The molecule has 0 aromatic carbocycles. The van der Waals surface area contributed by atoms with Crippen molar-refractivity contribution in [2.45, 2.75) is 96.9 Å². The minimum absolute atomic E-state index is 0.0957. The first kappa shape index (κ1) is 21.6. The monoisotopic (exact) mass is 408 g/mol. The van der Waals surface area contributed by atoms with E-state index in [2.05, 4.69) is 20.8 Å². The Labute approximate surface area is 174 Å². The van der Waals surface area contributed by atoms with Crippen LogP contribution in [0.5, 0.6) is 0 Å². The maximum Gasteiger partial charge on any atom is 0.303 e. The van der Waals surface area contributed by atoms with E-state index in [4.69, 9.17) is 5.11 Å². The molecule has 5 heteroatoms. The lowest BCUT2D eigenvalue weighted by Crippen LogP contribution is -2.62. The third-order valence-electron chi connectivity index (χ3n) is 10.3. The van der Waals surface area contributed by atoms with Crippen LogP contribution in [0.1, 0.15) is 78.6 Å². The van der Waals surface area contributed by atoms with Crippen molar-refractivity contribution in [2.24, 2.45) is 46.3 Å². The van der Waals surface area contributed by atoms with Gasteiger partial charge in [0.25, 0.3) is 0 Å². The van der Waals surface area contributed by atoms with Crippen molar-refractivity contribution in [1.29, 1.82) is 0 Å². The molecule has 0 heterocycles. The van der Waals surface area contributed by atoms with Gasteiger partial charge in [-0.2, -0.15) is 0 Å². The molecule has 29 heavy (non-hydrogen) atoms. The molecule has 4 aliphatic rings. The van der Waals surface area contributed by atoms with Crippen molar-refractivity contribution in [3.63, 3.8) is 0 Å². The van der Waals surface area contributed by atoms with E-state index in [1.165, 1.54) is 0 Å². The van der Waals surface area contributed by atoms with Gasteiger partial charge >= 0.3 is 5.97 Å². The first-order valence-electron chi connectivity index (χ1n) is 11.8. The molecule has 0 aromatic rings. The van der Waals surface area contributed by atoms with Gasteiger partial charge in [0, 0.05) is 6.42 Å². The molecule has 0 saturated heterocycles. The van der Waals surface area contributed by atoms with Gasteiger partial charge in [-0.3, -0.25) is 4.79 Å². The van der Waals surface area contributed by atoms with Crippen LogP contribution in [0.25, 0.3) is 0 Å². The van der Waals surface area contributed by atoms with Crippen molar-refractivity contribution >= 4 is 5.97 Å². The number of rotatable bonds is 4. The summed E-state index contributed by atoms with van der Waals surface area (Å²) in [5, 5.41) is 42.0. The lowest BCUT2D eigenvalue weighted by molar-refractivity contribution is -0.207. The summed E-state index contributed by atoms with van der Waals surface area (Å²) in [7, 11) is 0. The summed E-state index contributed by atoms with van der Waals surface area (Å²) in [6, 6.07) is 0. The summed E-state index contributed by atoms with van der Waals surface area (Å²) in [5.41, 5.74) is -0.143. The second-order valence-electron chi connectivity index (χ2n) is 11.4. The number of aliphatic hydroxyl groups is 3. The third kappa shape index (κ3) is 3.27. The molecule has 4 saturated carbocycles. The number of hydrogen-bond donors (Lipinski definition) is 4. The van der Waals surface area contributed by atoms with Crippen LogP contribution in [-0.4, -0.2) is 44.7 Å². The second-order valence-corrected chi connectivity index (χ2v) is 11.4. The minimum Gasteiger partial charge on any atom is -0.481 e. The van der Waals surface area contributed by atoms with Crippen LogP contribution >= 0.6 is 0 Å². The average Bonchev–Trinajstić information content (AvgIpc) is 3.01. The molecule has 4 fully saturated rings. The number of hydrogen-bond acceptors (Lipinski definition) is 4. The highest BCUT2D eigenvalue weighted by Crippen LogP contribution is 2.68. The molecule has 0 aromatic heterocycles. The molecule has 4 aliphatic carbocycles. The summed E-state index contributed by atoms with van der Waals surface area (Å²) in [4.78, 5) is 11.1. The predicted octanol–water partition coefficient (Wildman–Crippen LogP) is 3.45. The van der Waals surface area contributed by atoms with Crippen LogP contribution in [0.3, 0.4) is 0 Å².